The Morgan fingerprint density at radius 3 is 2.70 bits per heavy atom. The van der Waals surface area contributed by atoms with E-state index in [1.807, 2.05) is 0 Å². The Morgan fingerprint density at radius 1 is 1.26 bits per heavy atom. The third kappa shape index (κ3) is 3.91. The van der Waals surface area contributed by atoms with Crippen molar-refractivity contribution in [2.24, 2.45) is 5.92 Å². The van der Waals surface area contributed by atoms with E-state index in [2.05, 4.69) is 5.32 Å². The van der Waals surface area contributed by atoms with Crippen LogP contribution in [0.5, 0.6) is 0 Å². The molecule has 1 aliphatic carbocycles. The van der Waals surface area contributed by atoms with Gasteiger partial charge in [0.1, 0.15) is 11.4 Å². The molecule has 1 heterocycles. The van der Waals surface area contributed by atoms with Gasteiger partial charge in [0, 0.05) is 15.1 Å². The summed E-state index contributed by atoms with van der Waals surface area (Å²) in [6.07, 6.45) is 2.20. The van der Waals surface area contributed by atoms with Gasteiger partial charge < -0.3 is 10.1 Å². The first kappa shape index (κ1) is 16.8. The van der Waals surface area contributed by atoms with Crippen molar-refractivity contribution in [3.63, 3.8) is 0 Å². The van der Waals surface area contributed by atoms with E-state index in [1.54, 1.807) is 12.1 Å². The summed E-state index contributed by atoms with van der Waals surface area (Å²) >= 11 is 19.5. The lowest BCUT2D eigenvalue weighted by molar-refractivity contribution is -0.142. The molecule has 1 amide bonds. The van der Waals surface area contributed by atoms with Crippen LogP contribution in [0, 0.1) is 5.92 Å². The van der Waals surface area contributed by atoms with Crippen LogP contribution in [0.4, 0.5) is 0 Å². The van der Waals surface area contributed by atoms with E-state index < -0.39 is 11.9 Å². The van der Waals surface area contributed by atoms with E-state index in [4.69, 9.17) is 39.5 Å². The highest BCUT2D eigenvalue weighted by molar-refractivity contribution is 7.21. The maximum Gasteiger partial charge on any atom is 0.325 e. The lowest BCUT2D eigenvalue weighted by Gasteiger charge is -2.05. The average molecular weight is 393 g/mol. The Kier molecular flexibility index (Phi) is 5.01. The second kappa shape index (κ2) is 6.85. The van der Waals surface area contributed by atoms with E-state index in [-0.39, 0.29) is 11.6 Å². The largest absolute Gasteiger partial charge is 0.464 e. The number of hydrogen-bond donors (Lipinski definition) is 1. The topological polar surface area (TPSA) is 55.4 Å². The first-order chi connectivity index (χ1) is 11.0. The fourth-order valence-corrected chi connectivity index (χ4v) is 4.33. The van der Waals surface area contributed by atoms with Crippen LogP contribution >= 0.6 is 46.1 Å². The van der Waals surface area contributed by atoms with Crippen molar-refractivity contribution in [1.82, 2.24) is 5.32 Å². The molecule has 8 heteroatoms. The molecule has 1 saturated carbocycles. The molecule has 0 saturated heterocycles. The Morgan fingerprint density at radius 2 is 2.00 bits per heavy atom. The van der Waals surface area contributed by atoms with Gasteiger partial charge in [0.05, 0.1) is 16.7 Å². The van der Waals surface area contributed by atoms with Gasteiger partial charge in [-0.05, 0) is 30.9 Å². The zero-order chi connectivity index (χ0) is 16.6. The number of benzene rings is 1. The number of nitrogens with one attached hydrogen (secondary N) is 1. The third-order valence-electron chi connectivity index (χ3n) is 3.43. The molecule has 0 atom stereocenters. The first-order valence-corrected chi connectivity index (χ1v) is 8.91. The van der Waals surface area contributed by atoms with Crippen LogP contribution in [0.2, 0.25) is 15.1 Å². The Bertz CT molecular complexity index is 786. The predicted octanol–water partition coefficient (Wildman–Crippen LogP) is 4.54. The van der Waals surface area contributed by atoms with Gasteiger partial charge in [-0.15, -0.1) is 11.3 Å². The number of carbonyl (C=O) groups is 2. The Labute approximate surface area is 151 Å². The minimum Gasteiger partial charge on any atom is -0.464 e. The molecule has 122 valence electrons. The van der Waals surface area contributed by atoms with Gasteiger partial charge in [-0.2, -0.15) is 0 Å². The zero-order valence-electron chi connectivity index (χ0n) is 11.8. The minimum absolute atomic E-state index is 0.190. The van der Waals surface area contributed by atoms with Crippen molar-refractivity contribution in [3.8, 4) is 0 Å². The van der Waals surface area contributed by atoms with E-state index >= 15 is 0 Å². The lowest BCUT2D eigenvalue weighted by Crippen LogP contribution is -2.30. The SMILES string of the molecule is O=C(CNC(=O)c1sc2cc(Cl)cc(Cl)c2c1Cl)OCC1CC1. The van der Waals surface area contributed by atoms with Crippen molar-refractivity contribution in [2.75, 3.05) is 13.2 Å². The molecule has 0 aliphatic heterocycles. The molecule has 0 bridgehead atoms. The van der Waals surface area contributed by atoms with Crippen molar-refractivity contribution in [3.05, 3.63) is 32.1 Å². The monoisotopic (exact) mass is 391 g/mol. The van der Waals surface area contributed by atoms with E-state index in [0.717, 1.165) is 12.8 Å². The lowest BCUT2D eigenvalue weighted by atomic mass is 10.2. The number of hydrogen-bond acceptors (Lipinski definition) is 4. The number of thiophene rings is 1. The molecule has 4 nitrogen and oxygen atoms in total. The summed E-state index contributed by atoms with van der Waals surface area (Å²) in [5, 5.41) is 4.22. The smallest absolute Gasteiger partial charge is 0.325 e. The molecular formula is C15H12Cl3NO3S. The van der Waals surface area contributed by atoms with Crippen molar-refractivity contribution >= 4 is 68.1 Å². The number of rotatable bonds is 5. The Balaban J connectivity index is 1.69. The highest BCUT2D eigenvalue weighted by Crippen LogP contribution is 2.41. The quantitative estimate of drug-likeness (QED) is 0.760. The van der Waals surface area contributed by atoms with Crippen LogP contribution in [-0.2, 0) is 9.53 Å². The summed E-state index contributed by atoms with van der Waals surface area (Å²) in [7, 11) is 0. The summed E-state index contributed by atoms with van der Waals surface area (Å²) in [6, 6.07) is 3.26. The highest BCUT2D eigenvalue weighted by Gasteiger charge is 2.24. The van der Waals surface area contributed by atoms with Gasteiger partial charge >= 0.3 is 5.97 Å². The molecule has 23 heavy (non-hydrogen) atoms. The Hall–Kier alpha value is -1.01. The molecular weight excluding hydrogens is 381 g/mol. The number of halogens is 3. The third-order valence-corrected chi connectivity index (χ3v) is 5.57. The number of ether oxygens (including phenoxy) is 1. The van der Waals surface area contributed by atoms with Crippen LogP contribution in [0.3, 0.4) is 0 Å². The number of carbonyl (C=O) groups excluding carboxylic acids is 2. The second-order valence-electron chi connectivity index (χ2n) is 5.31. The van der Waals surface area contributed by atoms with E-state index in [0.29, 0.717) is 37.5 Å². The normalized spacial score (nSPS) is 14.0. The van der Waals surface area contributed by atoms with Crippen LogP contribution in [0.15, 0.2) is 12.1 Å². The van der Waals surface area contributed by atoms with Crippen LogP contribution in [-0.4, -0.2) is 25.0 Å². The van der Waals surface area contributed by atoms with Crippen molar-refractivity contribution in [1.29, 1.82) is 0 Å². The number of fused-ring (bicyclic) bond motifs is 1. The standard InChI is InChI=1S/C15H12Cl3NO3S/c16-8-3-9(17)12-10(4-8)23-14(13(12)18)15(21)19-5-11(20)22-6-7-1-2-7/h3-4,7H,1-2,5-6H2,(H,19,21). The molecule has 2 aromatic rings. The maximum atomic E-state index is 12.2. The molecule has 0 unspecified atom stereocenters. The zero-order valence-corrected chi connectivity index (χ0v) is 14.9. The molecule has 1 aliphatic rings. The second-order valence-corrected chi connectivity index (χ2v) is 7.59. The highest BCUT2D eigenvalue weighted by atomic mass is 35.5. The summed E-state index contributed by atoms with van der Waals surface area (Å²) in [4.78, 5) is 24.1. The fraction of sp³-hybridized carbons (Fsp3) is 0.333. The van der Waals surface area contributed by atoms with Gasteiger partial charge in [0.25, 0.3) is 5.91 Å². The van der Waals surface area contributed by atoms with E-state index in [9.17, 15) is 9.59 Å². The van der Waals surface area contributed by atoms with Crippen LogP contribution in [0.25, 0.3) is 10.1 Å². The van der Waals surface area contributed by atoms with Gasteiger partial charge in [-0.25, -0.2) is 0 Å². The molecule has 3 rings (SSSR count). The average Bonchev–Trinajstić information content (AvgIpc) is 3.26. The van der Waals surface area contributed by atoms with Crippen LogP contribution < -0.4 is 5.32 Å². The number of esters is 1. The molecule has 0 spiro atoms. The van der Waals surface area contributed by atoms with Gasteiger partial charge in [0.15, 0.2) is 0 Å². The molecule has 1 fully saturated rings. The summed E-state index contributed by atoms with van der Waals surface area (Å²) < 4.78 is 5.77. The van der Waals surface area contributed by atoms with Gasteiger partial charge in [-0.3, -0.25) is 9.59 Å². The molecule has 0 radical (unpaired) electrons. The predicted molar refractivity (Wildman–Crippen MR) is 92.9 cm³/mol. The summed E-state index contributed by atoms with van der Waals surface area (Å²) in [5.74, 6) is -0.408. The van der Waals surface area contributed by atoms with Gasteiger partial charge in [0.2, 0.25) is 0 Å². The van der Waals surface area contributed by atoms with Crippen molar-refractivity contribution in [2.45, 2.75) is 12.8 Å². The summed E-state index contributed by atoms with van der Waals surface area (Å²) in [5.41, 5.74) is 0. The van der Waals surface area contributed by atoms with E-state index in [1.165, 1.54) is 11.3 Å². The van der Waals surface area contributed by atoms with Gasteiger partial charge in [-0.1, -0.05) is 34.8 Å². The van der Waals surface area contributed by atoms with Crippen LogP contribution in [0.1, 0.15) is 22.5 Å². The number of amides is 1. The summed E-state index contributed by atoms with van der Waals surface area (Å²) in [6.45, 7) is 0.233. The fourth-order valence-electron chi connectivity index (χ4n) is 2.04. The molecule has 1 aromatic carbocycles. The maximum absolute atomic E-state index is 12.2. The molecule has 1 N–H and O–H groups in total. The van der Waals surface area contributed by atoms with Crippen molar-refractivity contribution < 1.29 is 14.3 Å². The molecule has 1 aromatic heterocycles. The first-order valence-electron chi connectivity index (χ1n) is 6.96. The minimum atomic E-state index is -0.455.